The van der Waals surface area contributed by atoms with E-state index in [2.05, 4.69) is 20.6 Å². The highest BCUT2D eigenvalue weighted by molar-refractivity contribution is 5.92. The van der Waals surface area contributed by atoms with Gasteiger partial charge in [0.2, 0.25) is 0 Å². The molecule has 0 unspecified atom stereocenters. The number of benzene rings is 1. The van der Waals surface area contributed by atoms with Crippen molar-refractivity contribution in [2.75, 3.05) is 5.32 Å². The number of carbonyl (C=O) groups excluding carboxylic acids is 1. The monoisotopic (exact) mass is 324 g/mol. The molecule has 122 valence electrons. The van der Waals surface area contributed by atoms with Crippen LogP contribution < -0.4 is 10.6 Å². The topological polar surface area (TPSA) is 66.9 Å². The minimum atomic E-state index is -1.58. The number of hydrogen-bond acceptors (Lipinski definition) is 4. The summed E-state index contributed by atoms with van der Waals surface area (Å²) in [4.78, 5) is 19.7. The van der Waals surface area contributed by atoms with Gasteiger partial charge in [0.25, 0.3) is 5.91 Å². The first-order chi connectivity index (χ1) is 10.7. The molecule has 0 saturated heterocycles. The standard InChI is InChI=1S/C15H15F3N4O/c1-15(2,3)22-14(23)10-6-20-11(7-19-10)21-9-5-4-8(16)12(17)13(9)18/h4-7H,1-3H3,(H,20,21)(H,22,23). The summed E-state index contributed by atoms with van der Waals surface area (Å²) in [6.07, 6.45) is 2.39. The molecule has 0 spiro atoms. The van der Waals surface area contributed by atoms with E-state index in [1.165, 1.54) is 12.4 Å². The number of aromatic nitrogens is 2. The van der Waals surface area contributed by atoms with E-state index < -0.39 is 28.9 Å². The lowest BCUT2D eigenvalue weighted by Crippen LogP contribution is -2.40. The van der Waals surface area contributed by atoms with Crippen molar-refractivity contribution in [2.24, 2.45) is 0 Å². The second-order valence-electron chi connectivity index (χ2n) is 5.84. The lowest BCUT2D eigenvalue weighted by atomic mass is 10.1. The second kappa shape index (κ2) is 6.23. The molecule has 2 rings (SSSR count). The molecule has 0 aliphatic heterocycles. The summed E-state index contributed by atoms with van der Waals surface area (Å²) in [7, 11) is 0. The highest BCUT2D eigenvalue weighted by atomic mass is 19.2. The van der Waals surface area contributed by atoms with Crippen molar-refractivity contribution in [2.45, 2.75) is 26.3 Å². The molecule has 0 fully saturated rings. The summed E-state index contributed by atoms with van der Waals surface area (Å²) in [6, 6.07) is 1.83. The minimum Gasteiger partial charge on any atom is -0.346 e. The van der Waals surface area contributed by atoms with Crippen LogP contribution in [-0.2, 0) is 0 Å². The van der Waals surface area contributed by atoms with Crippen LogP contribution in [0.15, 0.2) is 24.5 Å². The van der Waals surface area contributed by atoms with Crippen molar-refractivity contribution in [3.63, 3.8) is 0 Å². The lowest BCUT2D eigenvalue weighted by Gasteiger charge is -2.19. The molecular formula is C15H15F3N4O. The quantitative estimate of drug-likeness (QED) is 0.851. The van der Waals surface area contributed by atoms with Crippen LogP contribution in [0, 0.1) is 17.5 Å². The molecule has 0 aliphatic carbocycles. The first-order valence-corrected chi connectivity index (χ1v) is 6.72. The van der Waals surface area contributed by atoms with Crippen LogP contribution in [0.4, 0.5) is 24.7 Å². The Balaban J connectivity index is 2.15. The molecule has 0 atom stereocenters. The summed E-state index contributed by atoms with van der Waals surface area (Å²) in [6.45, 7) is 5.46. The predicted octanol–water partition coefficient (Wildman–Crippen LogP) is 3.17. The highest BCUT2D eigenvalue weighted by Gasteiger charge is 2.17. The molecule has 1 aromatic heterocycles. The summed E-state index contributed by atoms with van der Waals surface area (Å²) < 4.78 is 39.6. The number of amides is 1. The second-order valence-corrected chi connectivity index (χ2v) is 5.84. The van der Waals surface area contributed by atoms with E-state index in [4.69, 9.17) is 0 Å². The van der Waals surface area contributed by atoms with Gasteiger partial charge in [-0.3, -0.25) is 4.79 Å². The Hall–Kier alpha value is -2.64. The SMILES string of the molecule is CC(C)(C)NC(=O)c1cnc(Nc2ccc(F)c(F)c2F)cn1. The molecule has 0 bridgehead atoms. The number of anilines is 2. The van der Waals surface area contributed by atoms with Crippen LogP contribution in [0.2, 0.25) is 0 Å². The molecule has 1 heterocycles. The van der Waals surface area contributed by atoms with Gasteiger partial charge in [0.15, 0.2) is 17.5 Å². The van der Waals surface area contributed by atoms with Gasteiger partial charge in [0.05, 0.1) is 18.1 Å². The van der Waals surface area contributed by atoms with Gasteiger partial charge < -0.3 is 10.6 Å². The number of nitrogens with one attached hydrogen (secondary N) is 2. The third-order valence-electron chi connectivity index (χ3n) is 2.67. The maximum atomic E-state index is 13.6. The molecule has 8 heteroatoms. The Kier molecular flexibility index (Phi) is 4.53. The molecule has 0 saturated carbocycles. The predicted molar refractivity (Wildman–Crippen MR) is 78.8 cm³/mol. The van der Waals surface area contributed by atoms with Gasteiger partial charge in [-0.25, -0.2) is 23.1 Å². The van der Waals surface area contributed by atoms with E-state index in [0.717, 1.165) is 12.1 Å². The van der Waals surface area contributed by atoms with E-state index in [0.29, 0.717) is 0 Å². The molecule has 1 amide bonds. The van der Waals surface area contributed by atoms with Crippen molar-refractivity contribution in [1.82, 2.24) is 15.3 Å². The highest BCUT2D eigenvalue weighted by Crippen LogP contribution is 2.22. The summed E-state index contributed by atoms with van der Waals surface area (Å²) >= 11 is 0. The Morgan fingerprint density at radius 3 is 2.30 bits per heavy atom. The van der Waals surface area contributed by atoms with E-state index in [-0.39, 0.29) is 17.2 Å². The van der Waals surface area contributed by atoms with E-state index in [9.17, 15) is 18.0 Å². The number of halogens is 3. The molecule has 5 nitrogen and oxygen atoms in total. The molecule has 0 aliphatic rings. The van der Waals surface area contributed by atoms with Gasteiger partial charge in [-0.2, -0.15) is 0 Å². The molecule has 1 aromatic carbocycles. The zero-order valence-electron chi connectivity index (χ0n) is 12.7. The summed E-state index contributed by atoms with van der Waals surface area (Å²) in [5.74, 6) is -4.54. The first kappa shape index (κ1) is 16.7. The average Bonchev–Trinajstić information content (AvgIpc) is 2.47. The average molecular weight is 324 g/mol. The minimum absolute atomic E-state index is 0.0798. The fourth-order valence-electron chi connectivity index (χ4n) is 1.67. The molecule has 23 heavy (non-hydrogen) atoms. The third kappa shape index (κ3) is 4.18. The normalized spacial score (nSPS) is 11.2. The smallest absolute Gasteiger partial charge is 0.271 e. The Bertz CT molecular complexity index is 727. The fourth-order valence-corrected chi connectivity index (χ4v) is 1.67. The zero-order chi connectivity index (χ0) is 17.2. The van der Waals surface area contributed by atoms with Crippen LogP contribution in [0.25, 0.3) is 0 Å². The van der Waals surface area contributed by atoms with Crippen molar-refractivity contribution >= 4 is 17.4 Å². The van der Waals surface area contributed by atoms with Gasteiger partial charge in [0.1, 0.15) is 11.5 Å². The Morgan fingerprint density at radius 2 is 1.74 bits per heavy atom. The Labute approximate surface area is 131 Å². The third-order valence-corrected chi connectivity index (χ3v) is 2.67. The van der Waals surface area contributed by atoms with Gasteiger partial charge in [0, 0.05) is 5.54 Å². The lowest BCUT2D eigenvalue weighted by molar-refractivity contribution is 0.0914. The van der Waals surface area contributed by atoms with Crippen molar-refractivity contribution in [3.8, 4) is 0 Å². The summed E-state index contributed by atoms with van der Waals surface area (Å²) in [5, 5.41) is 5.18. The van der Waals surface area contributed by atoms with Crippen molar-refractivity contribution < 1.29 is 18.0 Å². The Morgan fingerprint density at radius 1 is 1.04 bits per heavy atom. The first-order valence-electron chi connectivity index (χ1n) is 6.72. The van der Waals surface area contributed by atoms with Crippen LogP contribution in [0.1, 0.15) is 31.3 Å². The maximum absolute atomic E-state index is 13.6. The van der Waals surface area contributed by atoms with Crippen LogP contribution in [0.5, 0.6) is 0 Å². The number of hydrogen-bond donors (Lipinski definition) is 2. The van der Waals surface area contributed by atoms with Crippen LogP contribution in [0.3, 0.4) is 0 Å². The van der Waals surface area contributed by atoms with Gasteiger partial charge in [-0.1, -0.05) is 0 Å². The van der Waals surface area contributed by atoms with Crippen molar-refractivity contribution in [3.05, 3.63) is 47.7 Å². The van der Waals surface area contributed by atoms with Gasteiger partial charge >= 0.3 is 0 Å². The van der Waals surface area contributed by atoms with Crippen LogP contribution in [-0.4, -0.2) is 21.4 Å². The fraction of sp³-hybridized carbons (Fsp3) is 0.267. The van der Waals surface area contributed by atoms with E-state index >= 15 is 0 Å². The van der Waals surface area contributed by atoms with Crippen molar-refractivity contribution in [1.29, 1.82) is 0 Å². The zero-order valence-corrected chi connectivity index (χ0v) is 12.7. The van der Waals surface area contributed by atoms with E-state index in [1.807, 2.05) is 20.8 Å². The number of rotatable bonds is 3. The molecule has 2 N–H and O–H groups in total. The van der Waals surface area contributed by atoms with E-state index in [1.54, 1.807) is 0 Å². The number of carbonyl (C=O) groups is 1. The van der Waals surface area contributed by atoms with Gasteiger partial charge in [-0.15, -0.1) is 0 Å². The van der Waals surface area contributed by atoms with Crippen LogP contribution >= 0.6 is 0 Å². The molecule has 0 radical (unpaired) electrons. The van der Waals surface area contributed by atoms with Gasteiger partial charge in [-0.05, 0) is 32.9 Å². The molecule has 2 aromatic rings. The maximum Gasteiger partial charge on any atom is 0.271 e. The number of nitrogens with zero attached hydrogens (tertiary/aromatic N) is 2. The summed E-state index contributed by atoms with van der Waals surface area (Å²) in [5.41, 5.74) is -0.633. The largest absolute Gasteiger partial charge is 0.346 e. The molecular weight excluding hydrogens is 309 g/mol.